The average molecular weight is 785 g/mol. The van der Waals surface area contributed by atoms with E-state index in [-0.39, 0.29) is 35.7 Å². The maximum Gasteiger partial charge on any atom is 0.405 e. The highest BCUT2D eigenvalue weighted by atomic mass is 16.4. The number of hydrogen-bond donors (Lipinski definition) is 5. The highest BCUT2D eigenvalue weighted by molar-refractivity contribution is 5.86. The lowest BCUT2D eigenvalue weighted by Gasteiger charge is -2.30. The number of aromatic nitrogens is 6. The van der Waals surface area contributed by atoms with Crippen LogP contribution in [0, 0.1) is 11.8 Å². The first-order chi connectivity index (χ1) is 28.1. The first-order valence-corrected chi connectivity index (χ1v) is 20.6. The number of hydrogen-bond acceptors (Lipinski definition) is 8. The van der Waals surface area contributed by atoms with Gasteiger partial charge in [-0.1, -0.05) is 64.1 Å². The number of likely N-dealkylation sites (tertiary alicyclic amines) is 2. The number of carbonyl (C=O) groups is 3. The molecule has 2 fully saturated rings. The van der Waals surface area contributed by atoms with E-state index in [4.69, 9.17) is 9.97 Å². The number of amides is 3. The van der Waals surface area contributed by atoms with Gasteiger partial charge in [0.05, 0.1) is 35.9 Å². The van der Waals surface area contributed by atoms with Gasteiger partial charge in [0.1, 0.15) is 23.7 Å². The molecule has 0 bridgehead atoms. The van der Waals surface area contributed by atoms with Crippen molar-refractivity contribution in [3.8, 4) is 33.6 Å². The normalized spacial score (nSPS) is 18.8. The molecule has 0 radical (unpaired) electrons. The molecule has 8 rings (SSSR count). The zero-order valence-corrected chi connectivity index (χ0v) is 33.5. The van der Waals surface area contributed by atoms with Crippen molar-refractivity contribution in [1.29, 1.82) is 0 Å². The Morgan fingerprint density at radius 2 is 1.22 bits per heavy atom. The van der Waals surface area contributed by atoms with E-state index in [2.05, 4.69) is 67.0 Å². The number of imidazole rings is 2. The summed E-state index contributed by atoms with van der Waals surface area (Å²) in [4.78, 5) is 67.8. The largest absolute Gasteiger partial charge is 0.465 e. The second-order valence-corrected chi connectivity index (χ2v) is 16.4. The SMILES string of the molecule is CC(C)[C@H](Nc1ncccn1)C(=O)N1CCC[C@H]1c1ncc(-c2ccc(-c3ccc(-c4cnc([C@@H]5CCCN5C(=O)[C@@H](NC(=O)O)C(C)C)[nH]4)c4c3CCC4)cc2)[nH]1. The standard InChI is InChI=1S/C44H52N10O4/c1-25(2)37(51-43-45-19-8-20-46-43)41(55)53-21-6-11-35(53)39-47-23-33(49-39)28-15-13-27(14-16-28)29-17-18-32(31-10-5-9-30(29)31)34-24-48-40(50-34)36-12-7-22-54(36)42(56)38(26(3)4)52-44(57)58/h8,13-20,23-26,35-38,52H,5-7,9-12,21-22H2,1-4H3,(H,47,49)(H,48,50)(H,57,58)(H,45,46,51)/t35-,36-,37-,38-/m0/s1. The fraction of sp³-hybridized carbons (Fsp3) is 0.432. The van der Waals surface area contributed by atoms with E-state index in [1.165, 1.54) is 16.7 Å². The van der Waals surface area contributed by atoms with Crippen LogP contribution in [0.2, 0.25) is 0 Å². The van der Waals surface area contributed by atoms with E-state index in [0.717, 1.165) is 84.7 Å². The van der Waals surface area contributed by atoms with E-state index in [1.54, 1.807) is 23.4 Å². The predicted octanol–water partition coefficient (Wildman–Crippen LogP) is 7.17. The van der Waals surface area contributed by atoms with E-state index < -0.39 is 18.2 Å². The topological polar surface area (TPSA) is 185 Å². The molecule has 0 saturated carbocycles. The molecule has 14 heteroatoms. The Hall–Kier alpha value is -6.05. The Morgan fingerprint density at radius 3 is 1.83 bits per heavy atom. The van der Waals surface area contributed by atoms with Gasteiger partial charge in [0, 0.05) is 31.0 Å². The molecule has 58 heavy (non-hydrogen) atoms. The molecule has 0 unspecified atom stereocenters. The maximum atomic E-state index is 13.9. The van der Waals surface area contributed by atoms with Crippen LogP contribution < -0.4 is 10.6 Å². The Labute approximate surface area is 338 Å². The van der Waals surface area contributed by atoms with Crippen molar-refractivity contribution >= 4 is 23.9 Å². The van der Waals surface area contributed by atoms with Crippen molar-refractivity contribution in [3.63, 3.8) is 0 Å². The van der Waals surface area contributed by atoms with Crippen LogP contribution in [0.1, 0.15) is 94.7 Å². The average Bonchev–Trinajstić information content (AvgIpc) is 4.07. The summed E-state index contributed by atoms with van der Waals surface area (Å²) < 4.78 is 0. The van der Waals surface area contributed by atoms with Crippen molar-refractivity contribution in [2.75, 3.05) is 18.4 Å². The molecule has 3 aromatic heterocycles. The molecule has 302 valence electrons. The lowest BCUT2D eigenvalue weighted by atomic mass is 9.92. The summed E-state index contributed by atoms with van der Waals surface area (Å²) in [6, 6.07) is 13.1. The van der Waals surface area contributed by atoms with Crippen molar-refractivity contribution in [2.45, 2.75) is 96.8 Å². The van der Waals surface area contributed by atoms with Gasteiger partial charge in [-0.3, -0.25) is 9.59 Å². The third kappa shape index (κ3) is 7.67. The van der Waals surface area contributed by atoms with Gasteiger partial charge in [-0.25, -0.2) is 24.7 Å². The maximum absolute atomic E-state index is 13.9. The number of fused-ring (bicyclic) bond motifs is 1. The number of anilines is 1. The number of nitrogens with one attached hydrogen (secondary N) is 4. The molecule has 14 nitrogen and oxygen atoms in total. The van der Waals surface area contributed by atoms with E-state index in [0.29, 0.717) is 19.0 Å². The molecular weight excluding hydrogens is 733 g/mol. The monoisotopic (exact) mass is 784 g/mol. The van der Waals surface area contributed by atoms with Crippen LogP contribution in [0.4, 0.5) is 10.7 Å². The minimum Gasteiger partial charge on any atom is -0.465 e. The molecular formula is C44H52N10O4. The van der Waals surface area contributed by atoms with Gasteiger partial charge >= 0.3 is 6.09 Å². The zero-order chi connectivity index (χ0) is 40.5. The summed E-state index contributed by atoms with van der Waals surface area (Å²) in [5.74, 6) is 1.65. The van der Waals surface area contributed by atoms with Crippen LogP contribution in [0.5, 0.6) is 0 Å². The first kappa shape index (κ1) is 38.8. The summed E-state index contributed by atoms with van der Waals surface area (Å²) >= 11 is 0. The molecule has 4 atom stereocenters. The van der Waals surface area contributed by atoms with Crippen LogP contribution in [0.3, 0.4) is 0 Å². The van der Waals surface area contributed by atoms with Crippen LogP contribution in [0.15, 0.2) is 67.3 Å². The summed E-state index contributed by atoms with van der Waals surface area (Å²) in [5, 5.41) is 15.0. The van der Waals surface area contributed by atoms with E-state index in [1.807, 2.05) is 45.0 Å². The molecule has 5 heterocycles. The smallest absolute Gasteiger partial charge is 0.405 e. The van der Waals surface area contributed by atoms with Gasteiger partial charge in [0.15, 0.2) is 0 Å². The number of aromatic amines is 2. The van der Waals surface area contributed by atoms with Gasteiger partial charge in [-0.05, 0) is 90.7 Å². The second-order valence-electron chi connectivity index (χ2n) is 16.4. The van der Waals surface area contributed by atoms with E-state index >= 15 is 0 Å². The number of rotatable bonds is 12. The van der Waals surface area contributed by atoms with Crippen molar-refractivity contribution < 1.29 is 19.5 Å². The lowest BCUT2D eigenvalue weighted by Crippen LogP contribution is -2.50. The molecule has 0 spiro atoms. The van der Waals surface area contributed by atoms with Gasteiger partial charge in [-0.2, -0.15) is 0 Å². The summed E-state index contributed by atoms with van der Waals surface area (Å²) in [7, 11) is 0. The molecule has 2 aromatic carbocycles. The highest BCUT2D eigenvalue weighted by Crippen LogP contribution is 2.40. The highest BCUT2D eigenvalue weighted by Gasteiger charge is 2.39. The molecule has 5 aromatic rings. The van der Waals surface area contributed by atoms with Gasteiger partial charge in [0.2, 0.25) is 17.8 Å². The summed E-state index contributed by atoms with van der Waals surface area (Å²) in [6.07, 6.45) is 12.3. The Balaban J connectivity index is 0.974. The molecule has 1 aliphatic carbocycles. The quantitative estimate of drug-likeness (QED) is 0.0875. The summed E-state index contributed by atoms with van der Waals surface area (Å²) in [5.41, 5.74) is 9.03. The van der Waals surface area contributed by atoms with Crippen LogP contribution in [-0.4, -0.2) is 87.9 Å². The number of carbonyl (C=O) groups excluding carboxylic acids is 2. The van der Waals surface area contributed by atoms with Crippen LogP contribution >= 0.6 is 0 Å². The molecule has 2 aliphatic heterocycles. The summed E-state index contributed by atoms with van der Waals surface area (Å²) in [6.45, 7) is 9.00. The lowest BCUT2D eigenvalue weighted by molar-refractivity contribution is -0.135. The molecule has 3 aliphatic rings. The Kier molecular flexibility index (Phi) is 11.0. The Morgan fingerprint density at radius 1 is 0.690 bits per heavy atom. The molecule has 3 amide bonds. The first-order valence-electron chi connectivity index (χ1n) is 20.6. The number of nitrogens with zero attached hydrogens (tertiary/aromatic N) is 6. The number of H-pyrrole nitrogens is 2. The van der Waals surface area contributed by atoms with Crippen molar-refractivity contribution in [2.24, 2.45) is 11.8 Å². The minimum atomic E-state index is -1.20. The zero-order valence-electron chi connectivity index (χ0n) is 33.5. The van der Waals surface area contributed by atoms with Crippen LogP contribution in [0.25, 0.3) is 33.6 Å². The third-order valence-corrected chi connectivity index (χ3v) is 12.0. The van der Waals surface area contributed by atoms with Gasteiger partial charge in [0.25, 0.3) is 0 Å². The number of carboxylic acid groups (broad SMARTS) is 1. The van der Waals surface area contributed by atoms with Gasteiger partial charge < -0.3 is 35.5 Å². The fourth-order valence-electron chi connectivity index (χ4n) is 9.01. The molecule has 2 saturated heterocycles. The molecule has 5 N–H and O–H groups in total. The predicted molar refractivity (Wildman–Crippen MR) is 221 cm³/mol. The third-order valence-electron chi connectivity index (χ3n) is 12.0. The number of benzene rings is 2. The Bertz CT molecular complexity index is 2270. The second kappa shape index (κ2) is 16.4. The van der Waals surface area contributed by atoms with Gasteiger partial charge in [-0.15, -0.1) is 0 Å². The fourth-order valence-corrected chi connectivity index (χ4v) is 9.01. The van der Waals surface area contributed by atoms with Crippen molar-refractivity contribution in [1.82, 2.24) is 45.0 Å². The minimum absolute atomic E-state index is 0.0262. The van der Waals surface area contributed by atoms with E-state index in [9.17, 15) is 19.5 Å². The van der Waals surface area contributed by atoms with Crippen LogP contribution in [-0.2, 0) is 22.4 Å². The van der Waals surface area contributed by atoms with Crippen molar-refractivity contribution in [3.05, 3.63) is 90.0 Å².